The smallest absolute Gasteiger partial charge is 0.192 e. The zero-order valence-corrected chi connectivity index (χ0v) is 21.1. The van der Waals surface area contributed by atoms with E-state index < -0.39 is 24.1 Å². The molecule has 0 spiro atoms. The van der Waals surface area contributed by atoms with E-state index in [1.54, 1.807) is 0 Å². The molecule has 1 aliphatic rings. The molecule has 154 valence electrons. The van der Waals surface area contributed by atoms with E-state index in [9.17, 15) is 4.21 Å². The molecule has 1 fully saturated rings. The Balaban J connectivity index is 2.08. The number of hydrogen-bond donors (Lipinski definition) is 1. The summed E-state index contributed by atoms with van der Waals surface area (Å²) in [5.74, 6) is 0.619. The van der Waals surface area contributed by atoms with Crippen LogP contribution in [-0.2, 0) is 15.4 Å². The maximum Gasteiger partial charge on any atom is 0.192 e. The zero-order chi connectivity index (χ0) is 20.6. The summed E-state index contributed by atoms with van der Waals surface area (Å²) in [5, 5.41) is 6.09. The highest BCUT2D eigenvalue weighted by molar-refractivity contribution is 9.10. The van der Waals surface area contributed by atoms with E-state index >= 15 is 0 Å². The van der Waals surface area contributed by atoms with Gasteiger partial charge in [-0.05, 0) is 85.2 Å². The number of nitrogens with zero attached hydrogens (tertiary/aromatic N) is 1. The Kier molecular flexibility index (Phi) is 7.17. The topological polar surface area (TPSA) is 65.2 Å². The molecule has 0 aliphatic heterocycles. The summed E-state index contributed by atoms with van der Waals surface area (Å²) in [7, 11) is -3.14. The molecule has 1 heterocycles. The number of pyridine rings is 1. The van der Waals surface area contributed by atoms with Crippen molar-refractivity contribution in [2.75, 3.05) is 0 Å². The second-order valence-electron chi connectivity index (χ2n) is 9.91. The van der Waals surface area contributed by atoms with Crippen LogP contribution in [0.25, 0.3) is 0 Å². The van der Waals surface area contributed by atoms with Crippen molar-refractivity contribution in [2.24, 2.45) is 11.1 Å². The van der Waals surface area contributed by atoms with Crippen LogP contribution in [0.15, 0.2) is 22.8 Å². The van der Waals surface area contributed by atoms with Gasteiger partial charge in [-0.3, -0.25) is 5.14 Å². The van der Waals surface area contributed by atoms with Crippen LogP contribution in [0.3, 0.4) is 0 Å². The number of nitrogens with two attached hydrogens (primary N) is 1. The Morgan fingerprint density at radius 3 is 2.37 bits per heavy atom. The van der Waals surface area contributed by atoms with Crippen molar-refractivity contribution in [1.29, 1.82) is 0 Å². The standard InChI is InChI=1S/C20H35BrN2O2SSi/c1-19(2,3)27(6,7)25-15-11-14(12-15)13-16(20(4,5)26(22)24)17-9-8-10-18(21)23-17/h8-10,14-16H,11-13,22H2,1-7H3/t14?,15?,16-,26?/m0/s1. The van der Waals surface area contributed by atoms with Gasteiger partial charge in [-0.15, -0.1) is 0 Å². The summed E-state index contributed by atoms with van der Waals surface area (Å²) < 4.78 is 19.1. The minimum Gasteiger partial charge on any atom is -0.414 e. The molecular formula is C20H35BrN2O2SSi. The molecule has 7 heteroatoms. The van der Waals surface area contributed by atoms with Crippen LogP contribution in [0.1, 0.15) is 65.5 Å². The van der Waals surface area contributed by atoms with E-state index in [0.29, 0.717) is 12.0 Å². The summed E-state index contributed by atoms with van der Waals surface area (Å²) in [6, 6.07) is 5.92. The first-order valence-corrected chi connectivity index (χ1v) is 14.6. The van der Waals surface area contributed by atoms with Gasteiger partial charge in [0.1, 0.15) is 4.60 Å². The third-order valence-corrected chi connectivity index (χ3v) is 12.8. The summed E-state index contributed by atoms with van der Waals surface area (Å²) in [5.41, 5.74) is 0.960. The molecule has 0 amide bonds. The molecule has 0 radical (unpaired) electrons. The van der Waals surface area contributed by atoms with Crippen molar-refractivity contribution < 1.29 is 8.63 Å². The largest absolute Gasteiger partial charge is 0.414 e. The van der Waals surface area contributed by atoms with E-state index in [-0.39, 0.29) is 11.0 Å². The van der Waals surface area contributed by atoms with Crippen LogP contribution in [0.4, 0.5) is 0 Å². The second kappa shape index (κ2) is 8.34. The highest BCUT2D eigenvalue weighted by atomic mass is 79.9. The Hall–Kier alpha value is -0.0831. The van der Waals surface area contributed by atoms with Gasteiger partial charge in [-0.2, -0.15) is 0 Å². The summed E-state index contributed by atoms with van der Waals surface area (Å²) in [4.78, 5) is 4.65. The van der Waals surface area contributed by atoms with E-state index in [2.05, 4.69) is 54.8 Å². The predicted molar refractivity (Wildman–Crippen MR) is 120 cm³/mol. The van der Waals surface area contributed by atoms with Gasteiger partial charge in [-0.25, -0.2) is 9.19 Å². The van der Waals surface area contributed by atoms with Gasteiger partial charge in [0.2, 0.25) is 0 Å². The van der Waals surface area contributed by atoms with Crippen molar-refractivity contribution in [1.82, 2.24) is 4.98 Å². The Morgan fingerprint density at radius 1 is 1.30 bits per heavy atom. The first-order chi connectivity index (χ1) is 12.2. The molecule has 2 atom stereocenters. The Labute approximate surface area is 176 Å². The average Bonchev–Trinajstić information content (AvgIpc) is 2.47. The van der Waals surface area contributed by atoms with Gasteiger partial charge in [0.25, 0.3) is 0 Å². The van der Waals surface area contributed by atoms with Gasteiger partial charge in [0.05, 0.1) is 15.7 Å². The first kappa shape index (κ1) is 23.2. The van der Waals surface area contributed by atoms with Crippen molar-refractivity contribution in [3.63, 3.8) is 0 Å². The maximum atomic E-state index is 12.2. The lowest BCUT2D eigenvalue weighted by molar-refractivity contribution is 0.0435. The molecule has 2 N–H and O–H groups in total. The lowest BCUT2D eigenvalue weighted by atomic mass is 9.73. The highest BCUT2D eigenvalue weighted by Gasteiger charge is 2.45. The number of hydrogen-bond acceptors (Lipinski definition) is 3. The molecule has 1 saturated carbocycles. The normalized spacial score (nSPS) is 23.6. The maximum absolute atomic E-state index is 12.2. The van der Waals surface area contributed by atoms with Crippen LogP contribution in [0.5, 0.6) is 0 Å². The molecule has 1 aromatic heterocycles. The van der Waals surface area contributed by atoms with E-state index in [1.807, 2.05) is 32.0 Å². The van der Waals surface area contributed by atoms with Crippen molar-refractivity contribution >= 4 is 35.2 Å². The molecule has 0 aromatic carbocycles. The van der Waals surface area contributed by atoms with E-state index in [4.69, 9.17) is 9.56 Å². The quantitative estimate of drug-likeness (QED) is 0.417. The lowest BCUT2D eigenvalue weighted by Crippen LogP contribution is -2.48. The van der Waals surface area contributed by atoms with Gasteiger partial charge in [-0.1, -0.05) is 26.8 Å². The van der Waals surface area contributed by atoms with Gasteiger partial charge in [0.15, 0.2) is 8.32 Å². The van der Waals surface area contributed by atoms with Crippen LogP contribution < -0.4 is 5.14 Å². The molecule has 1 aromatic rings. The van der Waals surface area contributed by atoms with Gasteiger partial charge >= 0.3 is 0 Å². The number of halogens is 1. The van der Waals surface area contributed by atoms with Crippen LogP contribution >= 0.6 is 15.9 Å². The molecule has 27 heavy (non-hydrogen) atoms. The van der Waals surface area contributed by atoms with E-state index in [1.165, 1.54) is 0 Å². The average molecular weight is 476 g/mol. The van der Waals surface area contributed by atoms with Gasteiger partial charge < -0.3 is 4.43 Å². The molecule has 1 aliphatic carbocycles. The Morgan fingerprint density at radius 2 is 1.89 bits per heavy atom. The van der Waals surface area contributed by atoms with Crippen LogP contribution in [0.2, 0.25) is 18.1 Å². The van der Waals surface area contributed by atoms with Crippen molar-refractivity contribution in [2.45, 2.75) is 88.8 Å². The summed E-state index contributed by atoms with van der Waals surface area (Å²) >= 11 is 3.46. The SMILES string of the molecule is CC(C)([C@@H](CC1CC(O[Si](C)(C)C(C)(C)C)C1)c1cccc(Br)n1)S(N)=O. The molecule has 4 nitrogen and oxygen atoms in total. The monoisotopic (exact) mass is 474 g/mol. The fraction of sp³-hybridized carbons (Fsp3) is 0.750. The summed E-state index contributed by atoms with van der Waals surface area (Å²) in [6.07, 6.45) is 3.45. The van der Waals surface area contributed by atoms with Gasteiger partial charge in [0, 0.05) is 17.7 Å². The van der Waals surface area contributed by atoms with E-state index in [0.717, 1.165) is 29.6 Å². The fourth-order valence-electron chi connectivity index (χ4n) is 3.41. The molecule has 0 saturated heterocycles. The minimum atomic E-state index is -1.72. The van der Waals surface area contributed by atoms with Crippen molar-refractivity contribution in [3.8, 4) is 0 Å². The van der Waals surface area contributed by atoms with Crippen LogP contribution in [0, 0.1) is 5.92 Å². The molecule has 0 bridgehead atoms. The molecular weight excluding hydrogens is 440 g/mol. The lowest BCUT2D eigenvalue weighted by Gasteiger charge is -2.46. The molecule has 2 rings (SSSR count). The Bertz CT molecular complexity index is 685. The number of rotatable bonds is 7. The van der Waals surface area contributed by atoms with Crippen molar-refractivity contribution in [3.05, 3.63) is 28.5 Å². The molecule has 1 unspecified atom stereocenters. The predicted octanol–water partition coefficient (Wildman–Crippen LogP) is 5.52. The second-order valence-corrected chi connectivity index (χ2v) is 17.1. The van der Waals surface area contributed by atoms with Crippen LogP contribution in [-0.4, -0.2) is 28.4 Å². The first-order valence-electron chi connectivity index (χ1n) is 9.70. The highest BCUT2D eigenvalue weighted by Crippen LogP contribution is 2.46. The third-order valence-electron chi connectivity index (χ3n) is 6.48. The number of aromatic nitrogens is 1. The minimum absolute atomic E-state index is 0.0552. The summed E-state index contributed by atoms with van der Waals surface area (Å²) in [6.45, 7) is 15.4. The fourth-order valence-corrected chi connectivity index (χ4v) is 5.64. The third kappa shape index (κ3) is 5.50. The zero-order valence-electron chi connectivity index (χ0n) is 17.7.